The third-order valence-electron chi connectivity index (χ3n) is 5.18. The molecule has 0 unspecified atom stereocenters. The van der Waals surface area contributed by atoms with Gasteiger partial charge in [0.1, 0.15) is 0 Å². The van der Waals surface area contributed by atoms with Crippen molar-refractivity contribution in [2.45, 2.75) is 19.9 Å². The Hall–Kier alpha value is -3.76. The molecule has 2 heterocycles. The van der Waals surface area contributed by atoms with Gasteiger partial charge < -0.3 is 5.73 Å². The number of nitrogens with one attached hydrogen (secondary N) is 1. The van der Waals surface area contributed by atoms with Crippen LogP contribution in [0.5, 0.6) is 0 Å². The minimum absolute atomic E-state index is 0.216. The maximum atomic E-state index is 12.1. The molecule has 0 saturated heterocycles. The van der Waals surface area contributed by atoms with Gasteiger partial charge in [-0.3, -0.25) is 9.48 Å². The summed E-state index contributed by atoms with van der Waals surface area (Å²) in [6.07, 6.45) is 2.63. The first-order valence-corrected chi connectivity index (χ1v) is 9.34. The molecule has 0 spiro atoms. The highest BCUT2D eigenvalue weighted by Gasteiger charge is 2.17. The number of aromatic nitrogens is 4. The van der Waals surface area contributed by atoms with Crippen LogP contribution < -0.4 is 11.3 Å². The molecule has 144 valence electrons. The first-order chi connectivity index (χ1) is 14.1. The molecule has 0 aliphatic heterocycles. The summed E-state index contributed by atoms with van der Waals surface area (Å²) in [5.41, 5.74) is 11.3. The van der Waals surface area contributed by atoms with Gasteiger partial charge in [-0.15, -0.1) is 0 Å². The van der Waals surface area contributed by atoms with Gasteiger partial charge >= 0.3 is 0 Å². The topological polar surface area (TPSA) is 113 Å². The van der Waals surface area contributed by atoms with Crippen molar-refractivity contribution >= 4 is 10.8 Å². The third kappa shape index (κ3) is 3.10. The van der Waals surface area contributed by atoms with Crippen LogP contribution in [-0.2, 0) is 20.0 Å². The Labute approximate surface area is 167 Å². The molecule has 0 bridgehead atoms. The highest BCUT2D eigenvalue weighted by Crippen LogP contribution is 2.35. The van der Waals surface area contributed by atoms with E-state index < -0.39 is 0 Å². The fourth-order valence-corrected chi connectivity index (χ4v) is 3.62. The predicted molar refractivity (Wildman–Crippen MR) is 112 cm³/mol. The van der Waals surface area contributed by atoms with Crippen molar-refractivity contribution in [1.29, 1.82) is 5.26 Å². The normalized spacial score (nSPS) is 11.0. The Morgan fingerprint density at radius 2 is 2.00 bits per heavy atom. The third-order valence-corrected chi connectivity index (χ3v) is 5.18. The molecule has 0 atom stereocenters. The molecule has 0 aliphatic carbocycles. The molecule has 0 radical (unpaired) electrons. The van der Waals surface area contributed by atoms with E-state index in [-0.39, 0.29) is 12.1 Å². The number of nitrogens with two attached hydrogens (primary N) is 1. The van der Waals surface area contributed by atoms with E-state index in [9.17, 15) is 10.1 Å². The summed E-state index contributed by atoms with van der Waals surface area (Å²) < 4.78 is 1.77. The minimum Gasteiger partial charge on any atom is -0.325 e. The van der Waals surface area contributed by atoms with Gasteiger partial charge in [0.2, 0.25) is 0 Å². The highest BCUT2D eigenvalue weighted by atomic mass is 16.1. The predicted octanol–water partition coefficient (Wildman–Crippen LogP) is 2.88. The average Bonchev–Trinajstić information content (AvgIpc) is 3.14. The second kappa shape index (κ2) is 7.34. The van der Waals surface area contributed by atoms with Gasteiger partial charge in [-0.25, -0.2) is 5.10 Å². The second-order valence-corrected chi connectivity index (χ2v) is 6.84. The van der Waals surface area contributed by atoms with Crippen molar-refractivity contribution in [3.05, 3.63) is 69.8 Å². The fraction of sp³-hybridized carbons (Fsp3) is 0.182. The van der Waals surface area contributed by atoms with E-state index in [1.54, 1.807) is 16.9 Å². The summed E-state index contributed by atoms with van der Waals surface area (Å²) in [5.74, 6) is 0. The largest absolute Gasteiger partial charge is 0.325 e. The van der Waals surface area contributed by atoms with E-state index in [1.165, 1.54) is 0 Å². The van der Waals surface area contributed by atoms with Gasteiger partial charge in [0.15, 0.2) is 0 Å². The molecule has 3 N–H and O–H groups in total. The molecule has 0 amide bonds. The fourth-order valence-electron chi connectivity index (χ4n) is 3.62. The molecule has 29 heavy (non-hydrogen) atoms. The number of hydrogen-bond donors (Lipinski definition) is 2. The summed E-state index contributed by atoms with van der Waals surface area (Å²) in [5, 5.41) is 21.9. The van der Waals surface area contributed by atoms with Crippen LogP contribution in [0.2, 0.25) is 0 Å². The molecule has 0 saturated carbocycles. The smallest absolute Gasteiger partial charge is 0.272 e. The number of rotatable bonds is 4. The number of benzene rings is 2. The van der Waals surface area contributed by atoms with Crippen LogP contribution in [0, 0.1) is 11.3 Å². The van der Waals surface area contributed by atoms with Crippen molar-refractivity contribution in [3.63, 3.8) is 0 Å². The van der Waals surface area contributed by atoms with Gasteiger partial charge in [0.05, 0.1) is 34.6 Å². The monoisotopic (exact) mass is 384 g/mol. The zero-order valence-electron chi connectivity index (χ0n) is 16.2. The van der Waals surface area contributed by atoms with Gasteiger partial charge in [-0.05, 0) is 35.7 Å². The minimum atomic E-state index is -0.253. The first kappa shape index (κ1) is 18.6. The van der Waals surface area contributed by atoms with Crippen LogP contribution in [0.1, 0.15) is 23.7 Å². The van der Waals surface area contributed by atoms with Gasteiger partial charge in [-0.2, -0.15) is 15.5 Å². The summed E-state index contributed by atoms with van der Waals surface area (Å²) in [4.78, 5) is 12.1. The van der Waals surface area contributed by atoms with Gasteiger partial charge in [-0.1, -0.05) is 25.1 Å². The van der Waals surface area contributed by atoms with E-state index in [1.807, 2.05) is 37.4 Å². The summed E-state index contributed by atoms with van der Waals surface area (Å²) in [6.45, 7) is 2.28. The number of hydrogen-bond acceptors (Lipinski definition) is 5. The molecular weight excluding hydrogens is 364 g/mol. The zero-order valence-corrected chi connectivity index (χ0v) is 16.2. The second-order valence-electron chi connectivity index (χ2n) is 6.84. The number of aryl methyl sites for hydroxylation is 2. The zero-order chi connectivity index (χ0) is 20.5. The Bertz CT molecular complexity index is 1330. The molecule has 7 nitrogen and oxygen atoms in total. The van der Waals surface area contributed by atoms with E-state index in [2.05, 4.69) is 28.3 Å². The van der Waals surface area contributed by atoms with Crippen LogP contribution in [0.25, 0.3) is 33.2 Å². The molecular formula is C22H20N6O. The van der Waals surface area contributed by atoms with E-state index >= 15 is 0 Å². The number of nitriles is 1. The standard InChI is InChI=1S/C22H20N6O/c1-3-13-4-6-16(15(8-13)10-23)21-19(12-25-28(21)2)14-5-7-17-18(9-14)20(11-24)26-27-22(17)29/h4-9,12H,3,11,24H2,1-2H3,(H,27,29). The van der Waals surface area contributed by atoms with Crippen LogP contribution in [0.15, 0.2) is 47.4 Å². The van der Waals surface area contributed by atoms with Crippen molar-refractivity contribution in [2.75, 3.05) is 0 Å². The Kier molecular flexibility index (Phi) is 4.71. The number of fused-ring (bicyclic) bond motifs is 1. The molecule has 7 heteroatoms. The molecule has 0 fully saturated rings. The van der Waals surface area contributed by atoms with Crippen molar-refractivity contribution in [3.8, 4) is 28.5 Å². The lowest BCUT2D eigenvalue weighted by Crippen LogP contribution is -2.13. The summed E-state index contributed by atoms with van der Waals surface area (Å²) in [7, 11) is 1.85. The number of nitrogens with zero attached hydrogens (tertiary/aromatic N) is 4. The van der Waals surface area contributed by atoms with Gasteiger partial charge in [0, 0.05) is 30.1 Å². The van der Waals surface area contributed by atoms with Crippen molar-refractivity contribution in [2.24, 2.45) is 12.8 Å². The maximum Gasteiger partial charge on any atom is 0.272 e. The summed E-state index contributed by atoms with van der Waals surface area (Å²) in [6, 6.07) is 13.8. The summed E-state index contributed by atoms with van der Waals surface area (Å²) >= 11 is 0. The lowest BCUT2D eigenvalue weighted by molar-refractivity contribution is 0.775. The highest BCUT2D eigenvalue weighted by molar-refractivity contribution is 5.91. The molecule has 4 aromatic rings. The molecule has 2 aromatic carbocycles. The lowest BCUT2D eigenvalue weighted by atomic mass is 9.95. The Morgan fingerprint density at radius 3 is 2.72 bits per heavy atom. The van der Waals surface area contributed by atoms with E-state index in [0.29, 0.717) is 22.0 Å². The number of H-pyrrole nitrogens is 1. The molecule has 4 rings (SSSR count). The Morgan fingerprint density at radius 1 is 1.17 bits per heavy atom. The first-order valence-electron chi connectivity index (χ1n) is 9.34. The lowest BCUT2D eigenvalue weighted by Gasteiger charge is -2.11. The number of aromatic amines is 1. The molecule has 0 aliphatic rings. The van der Waals surface area contributed by atoms with E-state index in [4.69, 9.17) is 5.73 Å². The van der Waals surface area contributed by atoms with Gasteiger partial charge in [0.25, 0.3) is 5.56 Å². The Balaban J connectivity index is 1.96. The van der Waals surface area contributed by atoms with Crippen molar-refractivity contribution < 1.29 is 0 Å². The molecule has 2 aromatic heterocycles. The SMILES string of the molecule is CCc1ccc(-c2c(-c3ccc4c(=O)[nH]nc(CN)c4c3)cnn2C)c(C#N)c1. The van der Waals surface area contributed by atoms with Crippen LogP contribution in [0.4, 0.5) is 0 Å². The van der Waals surface area contributed by atoms with Crippen LogP contribution >= 0.6 is 0 Å². The quantitative estimate of drug-likeness (QED) is 0.562. The van der Waals surface area contributed by atoms with Crippen molar-refractivity contribution in [1.82, 2.24) is 20.0 Å². The van der Waals surface area contributed by atoms with E-state index in [0.717, 1.165) is 34.4 Å². The van der Waals surface area contributed by atoms with Crippen LogP contribution in [-0.4, -0.2) is 20.0 Å². The van der Waals surface area contributed by atoms with Crippen LogP contribution in [0.3, 0.4) is 0 Å². The average molecular weight is 384 g/mol. The maximum absolute atomic E-state index is 12.1.